The average Bonchev–Trinajstić information content (AvgIpc) is 2.50. The number of nitrogens with one attached hydrogen (secondary N) is 1. The van der Waals surface area contributed by atoms with E-state index in [1.807, 2.05) is 0 Å². The van der Waals surface area contributed by atoms with Crippen LogP contribution in [0.15, 0.2) is 54.6 Å². The zero-order valence-corrected chi connectivity index (χ0v) is 12.9. The molecule has 1 heteroatoms. The van der Waals surface area contributed by atoms with Gasteiger partial charge in [-0.05, 0) is 42.5 Å². The first-order valence-corrected chi connectivity index (χ1v) is 8.22. The summed E-state index contributed by atoms with van der Waals surface area (Å²) in [4.78, 5) is 0. The van der Waals surface area contributed by atoms with E-state index in [2.05, 4.69) is 66.8 Å². The van der Waals surface area contributed by atoms with E-state index in [4.69, 9.17) is 0 Å². The van der Waals surface area contributed by atoms with Crippen LogP contribution in [0.1, 0.15) is 44.2 Å². The lowest BCUT2D eigenvalue weighted by Crippen LogP contribution is -2.24. The van der Waals surface area contributed by atoms with Crippen LogP contribution in [-0.4, -0.2) is 6.54 Å². The number of rotatable bonds is 6. The van der Waals surface area contributed by atoms with Gasteiger partial charge in [0.15, 0.2) is 0 Å². The normalized spacial score (nSPS) is 16.4. The molecule has 21 heavy (non-hydrogen) atoms. The minimum absolute atomic E-state index is 0.440. The van der Waals surface area contributed by atoms with Gasteiger partial charge in [0.05, 0.1) is 0 Å². The maximum absolute atomic E-state index is 3.66. The van der Waals surface area contributed by atoms with Crippen molar-refractivity contribution in [3.05, 3.63) is 60.2 Å². The molecule has 3 rings (SSSR count). The van der Waals surface area contributed by atoms with Gasteiger partial charge in [-0.25, -0.2) is 0 Å². The Balaban J connectivity index is 1.55. The van der Waals surface area contributed by atoms with Gasteiger partial charge in [0, 0.05) is 6.04 Å². The zero-order valence-electron chi connectivity index (χ0n) is 12.9. The predicted octanol–water partition coefficient (Wildman–Crippen LogP) is 5.19. The number of hydrogen-bond acceptors (Lipinski definition) is 1. The first kappa shape index (κ1) is 14.3. The Morgan fingerprint density at radius 3 is 2.24 bits per heavy atom. The summed E-state index contributed by atoms with van der Waals surface area (Å²) in [7, 11) is 0. The van der Waals surface area contributed by atoms with E-state index in [0.29, 0.717) is 6.04 Å². The molecule has 1 aliphatic rings. The quantitative estimate of drug-likeness (QED) is 0.767. The highest BCUT2D eigenvalue weighted by Gasteiger charge is 2.16. The van der Waals surface area contributed by atoms with E-state index in [1.165, 1.54) is 42.4 Å². The molecule has 0 saturated heterocycles. The van der Waals surface area contributed by atoms with E-state index in [0.717, 1.165) is 12.5 Å². The molecule has 1 fully saturated rings. The summed E-state index contributed by atoms with van der Waals surface area (Å²) < 4.78 is 0. The summed E-state index contributed by atoms with van der Waals surface area (Å²) in [6.07, 6.45) is 5.68. The lowest BCUT2D eigenvalue weighted by atomic mass is 9.83. The fraction of sp³-hybridized carbons (Fsp3) is 0.400. The molecule has 1 atom stereocenters. The average molecular weight is 279 g/mol. The van der Waals surface area contributed by atoms with Crippen molar-refractivity contribution >= 4 is 0 Å². The second-order valence-corrected chi connectivity index (χ2v) is 6.25. The highest BCUT2D eigenvalue weighted by molar-refractivity contribution is 5.63. The van der Waals surface area contributed by atoms with Crippen LogP contribution in [0.5, 0.6) is 0 Å². The lowest BCUT2D eigenvalue weighted by Gasteiger charge is -2.26. The third-order valence-electron chi connectivity index (χ3n) is 4.75. The first-order chi connectivity index (χ1) is 10.3. The molecule has 0 amide bonds. The molecule has 0 aromatic heterocycles. The van der Waals surface area contributed by atoms with Crippen molar-refractivity contribution in [1.82, 2.24) is 5.32 Å². The topological polar surface area (TPSA) is 12.0 Å². The van der Waals surface area contributed by atoms with Gasteiger partial charge in [0.2, 0.25) is 0 Å². The van der Waals surface area contributed by atoms with Crippen LogP contribution >= 0.6 is 0 Å². The minimum atomic E-state index is 0.440. The first-order valence-electron chi connectivity index (χ1n) is 8.22. The van der Waals surface area contributed by atoms with Crippen LogP contribution in [-0.2, 0) is 0 Å². The van der Waals surface area contributed by atoms with E-state index < -0.39 is 0 Å². The summed E-state index contributed by atoms with van der Waals surface area (Å²) >= 11 is 0. The summed E-state index contributed by atoms with van der Waals surface area (Å²) in [6.45, 7) is 3.41. The molecule has 0 bridgehead atoms. The molecule has 110 valence electrons. The Hall–Kier alpha value is -1.60. The van der Waals surface area contributed by atoms with Crippen molar-refractivity contribution in [3.8, 4) is 11.1 Å². The molecule has 0 aliphatic heterocycles. The summed E-state index contributed by atoms with van der Waals surface area (Å²) in [5, 5.41) is 3.66. The van der Waals surface area contributed by atoms with E-state index in [-0.39, 0.29) is 0 Å². The molecule has 0 radical (unpaired) electrons. The van der Waals surface area contributed by atoms with Crippen molar-refractivity contribution in [1.29, 1.82) is 0 Å². The van der Waals surface area contributed by atoms with Crippen LogP contribution in [0, 0.1) is 5.92 Å². The fourth-order valence-corrected chi connectivity index (χ4v) is 3.00. The van der Waals surface area contributed by atoms with Gasteiger partial charge in [0.25, 0.3) is 0 Å². The summed E-state index contributed by atoms with van der Waals surface area (Å²) in [5.74, 6) is 0.991. The van der Waals surface area contributed by atoms with Crippen LogP contribution in [0.2, 0.25) is 0 Å². The maximum Gasteiger partial charge on any atom is 0.0291 e. The van der Waals surface area contributed by atoms with E-state index in [9.17, 15) is 0 Å². The smallest absolute Gasteiger partial charge is 0.0291 e. The molecule has 0 spiro atoms. The third kappa shape index (κ3) is 3.74. The summed E-state index contributed by atoms with van der Waals surface area (Å²) in [6, 6.07) is 20.0. The maximum atomic E-state index is 3.66. The van der Waals surface area contributed by atoms with Crippen LogP contribution in [0.4, 0.5) is 0 Å². The van der Waals surface area contributed by atoms with Crippen molar-refractivity contribution in [2.75, 3.05) is 6.54 Å². The van der Waals surface area contributed by atoms with Gasteiger partial charge >= 0.3 is 0 Å². The van der Waals surface area contributed by atoms with Crippen LogP contribution in [0.25, 0.3) is 11.1 Å². The van der Waals surface area contributed by atoms with Gasteiger partial charge in [0.1, 0.15) is 0 Å². The SMILES string of the molecule is CC(NCCC1CCC1)c1ccc(-c2ccccc2)cc1. The minimum Gasteiger partial charge on any atom is -0.310 e. The molecule has 1 nitrogen and oxygen atoms in total. The van der Waals surface area contributed by atoms with Crippen LogP contribution < -0.4 is 5.32 Å². The molecule has 1 saturated carbocycles. The zero-order chi connectivity index (χ0) is 14.5. The monoisotopic (exact) mass is 279 g/mol. The Kier molecular flexibility index (Phi) is 4.72. The molecule has 1 N–H and O–H groups in total. The van der Waals surface area contributed by atoms with Crippen molar-refractivity contribution in [2.24, 2.45) is 5.92 Å². The van der Waals surface area contributed by atoms with Gasteiger partial charge in [-0.3, -0.25) is 0 Å². The largest absolute Gasteiger partial charge is 0.310 e. The Labute approximate surface area is 128 Å². The molecular weight excluding hydrogens is 254 g/mol. The molecule has 2 aromatic rings. The molecule has 2 aromatic carbocycles. The standard InChI is InChI=1S/C20H25N/c1-16(21-15-14-17-6-5-7-17)18-10-12-20(13-11-18)19-8-3-2-4-9-19/h2-4,8-13,16-17,21H,5-7,14-15H2,1H3. The third-order valence-corrected chi connectivity index (χ3v) is 4.75. The fourth-order valence-electron chi connectivity index (χ4n) is 3.00. The van der Waals surface area contributed by atoms with Gasteiger partial charge in [-0.1, -0.05) is 73.9 Å². The second kappa shape index (κ2) is 6.91. The Bertz CT molecular complexity index is 540. The molecule has 0 heterocycles. The number of hydrogen-bond donors (Lipinski definition) is 1. The molecule has 1 unspecified atom stereocenters. The summed E-state index contributed by atoms with van der Waals surface area (Å²) in [5.41, 5.74) is 3.96. The molecule has 1 aliphatic carbocycles. The lowest BCUT2D eigenvalue weighted by molar-refractivity contribution is 0.288. The number of benzene rings is 2. The van der Waals surface area contributed by atoms with Gasteiger partial charge in [-0.15, -0.1) is 0 Å². The van der Waals surface area contributed by atoms with Crippen molar-refractivity contribution in [2.45, 2.75) is 38.6 Å². The predicted molar refractivity (Wildman–Crippen MR) is 90.3 cm³/mol. The second-order valence-electron chi connectivity index (χ2n) is 6.25. The van der Waals surface area contributed by atoms with Gasteiger partial charge < -0.3 is 5.32 Å². The highest BCUT2D eigenvalue weighted by Crippen LogP contribution is 2.29. The van der Waals surface area contributed by atoms with E-state index >= 15 is 0 Å². The van der Waals surface area contributed by atoms with Crippen molar-refractivity contribution in [3.63, 3.8) is 0 Å². The molecular formula is C20H25N. The van der Waals surface area contributed by atoms with Crippen molar-refractivity contribution < 1.29 is 0 Å². The van der Waals surface area contributed by atoms with E-state index in [1.54, 1.807) is 0 Å². The highest BCUT2D eigenvalue weighted by atomic mass is 14.9. The Morgan fingerprint density at radius 1 is 0.952 bits per heavy atom. The Morgan fingerprint density at radius 2 is 1.62 bits per heavy atom. The van der Waals surface area contributed by atoms with Gasteiger partial charge in [-0.2, -0.15) is 0 Å². The van der Waals surface area contributed by atoms with Crippen LogP contribution in [0.3, 0.4) is 0 Å².